The fourth-order valence-electron chi connectivity index (χ4n) is 2.22. The molecule has 1 amide bonds. The van der Waals surface area contributed by atoms with Gasteiger partial charge >= 0.3 is 0 Å². The summed E-state index contributed by atoms with van der Waals surface area (Å²) >= 11 is 5.96. The molecule has 0 radical (unpaired) electrons. The topological polar surface area (TPSA) is 68.5 Å². The average molecular weight is 369 g/mol. The first kappa shape index (κ1) is 17.7. The molecule has 0 aliphatic heterocycles. The molecule has 3 aromatic rings. The molecule has 2 aromatic carbocycles. The molecule has 6 nitrogen and oxygen atoms in total. The van der Waals surface area contributed by atoms with Crippen molar-refractivity contribution in [1.82, 2.24) is 15.2 Å². The predicted molar refractivity (Wildman–Crippen MR) is 100 cm³/mol. The van der Waals surface area contributed by atoms with Crippen LogP contribution in [0.15, 0.2) is 72.1 Å². The van der Waals surface area contributed by atoms with Crippen LogP contribution in [0.1, 0.15) is 11.1 Å². The summed E-state index contributed by atoms with van der Waals surface area (Å²) in [7, 11) is 0. The van der Waals surface area contributed by atoms with E-state index in [4.69, 9.17) is 16.3 Å². The smallest absolute Gasteiger partial charge is 0.277 e. The van der Waals surface area contributed by atoms with Gasteiger partial charge in [0.15, 0.2) is 6.61 Å². The fraction of sp³-hybridized carbons (Fsp3) is 0.105. The van der Waals surface area contributed by atoms with E-state index in [0.717, 1.165) is 11.1 Å². The van der Waals surface area contributed by atoms with Crippen LogP contribution in [-0.2, 0) is 11.3 Å². The molecule has 0 saturated carbocycles. The van der Waals surface area contributed by atoms with Crippen LogP contribution < -0.4 is 10.2 Å². The zero-order valence-corrected chi connectivity index (χ0v) is 14.6. The molecule has 0 spiro atoms. The number of nitrogens with one attached hydrogen (secondary N) is 1. The van der Waals surface area contributed by atoms with Crippen molar-refractivity contribution in [3.63, 3.8) is 0 Å². The van der Waals surface area contributed by atoms with E-state index in [2.05, 4.69) is 15.6 Å². The molecule has 1 aromatic heterocycles. The Bertz CT molecular complexity index is 893. The summed E-state index contributed by atoms with van der Waals surface area (Å²) in [5, 5.41) is 8.63. The molecule has 0 saturated heterocycles. The van der Waals surface area contributed by atoms with E-state index in [9.17, 15) is 4.79 Å². The molecule has 0 aliphatic carbocycles. The van der Waals surface area contributed by atoms with Gasteiger partial charge in [0.05, 0.1) is 24.0 Å². The van der Waals surface area contributed by atoms with E-state index in [0.29, 0.717) is 17.3 Å². The number of nitrogens with zero attached hydrogens (tertiary/aromatic N) is 3. The van der Waals surface area contributed by atoms with Crippen molar-refractivity contribution in [1.29, 1.82) is 0 Å². The van der Waals surface area contributed by atoms with Crippen molar-refractivity contribution in [2.45, 2.75) is 6.54 Å². The van der Waals surface area contributed by atoms with Crippen LogP contribution in [0.5, 0.6) is 5.75 Å². The molecular weight excluding hydrogens is 352 g/mol. The maximum absolute atomic E-state index is 11.8. The summed E-state index contributed by atoms with van der Waals surface area (Å²) < 4.78 is 7.14. The summed E-state index contributed by atoms with van der Waals surface area (Å²) in [5.74, 6) is 0.0772. The van der Waals surface area contributed by atoms with Crippen molar-refractivity contribution in [3.8, 4) is 5.75 Å². The Morgan fingerprint density at radius 3 is 2.77 bits per heavy atom. The SMILES string of the molecule is O=C(COc1ccccc1Cl)N/N=C\c1cnn(Cc2ccccc2)c1. The highest BCUT2D eigenvalue weighted by atomic mass is 35.5. The molecule has 0 aliphatic rings. The Morgan fingerprint density at radius 1 is 1.19 bits per heavy atom. The number of para-hydroxylation sites is 1. The number of hydrogen-bond acceptors (Lipinski definition) is 4. The minimum atomic E-state index is -0.377. The number of hydrazone groups is 1. The number of hydrogen-bond donors (Lipinski definition) is 1. The molecule has 0 unspecified atom stereocenters. The third kappa shape index (κ3) is 5.19. The van der Waals surface area contributed by atoms with Crippen LogP contribution in [-0.4, -0.2) is 28.5 Å². The lowest BCUT2D eigenvalue weighted by Crippen LogP contribution is -2.24. The maximum atomic E-state index is 11.8. The molecule has 0 fully saturated rings. The Morgan fingerprint density at radius 2 is 1.96 bits per heavy atom. The van der Waals surface area contributed by atoms with Gasteiger partial charge in [-0.3, -0.25) is 9.48 Å². The summed E-state index contributed by atoms with van der Waals surface area (Å²) in [6.07, 6.45) is 5.06. The van der Waals surface area contributed by atoms with Gasteiger partial charge in [-0.1, -0.05) is 54.1 Å². The second-order valence-corrected chi connectivity index (χ2v) is 5.88. The summed E-state index contributed by atoms with van der Waals surface area (Å²) in [4.78, 5) is 11.8. The first-order valence-electron chi connectivity index (χ1n) is 7.96. The summed E-state index contributed by atoms with van der Waals surface area (Å²) in [6, 6.07) is 17.0. The lowest BCUT2D eigenvalue weighted by Gasteiger charge is -2.06. The quantitative estimate of drug-likeness (QED) is 0.514. The van der Waals surface area contributed by atoms with Gasteiger partial charge in [-0.05, 0) is 17.7 Å². The van der Waals surface area contributed by atoms with Gasteiger partial charge in [-0.25, -0.2) is 5.43 Å². The lowest BCUT2D eigenvalue weighted by atomic mass is 10.2. The normalized spacial score (nSPS) is 10.8. The first-order valence-corrected chi connectivity index (χ1v) is 8.34. The zero-order chi connectivity index (χ0) is 18.2. The van der Waals surface area contributed by atoms with Crippen LogP contribution in [0.2, 0.25) is 5.02 Å². The second-order valence-electron chi connectivity index (χ2n) is 5.47. The van der Waals surface area contributed by atoms with E-state index in [-0.39, 0.29) is 12.5 Å². The largest absolute Gasteiger partial charge is 0.482 e. The summed E-state index contributed by atoms with van der Waals surface area (Å²) in [5.41, 5.74) is 4.35. The van der Waals surface area contributed by atoms with Crippen LogP contribution in [0.3, 0.4) is 0 Å². The van der Waals surface area contributed by atoms with Gasteiger partial charge in [0.25, 0.3) is 5.91 Å². The molecule has 0 atom stereocenters. The number of ether oxygens (including phenoxy) is 1. The molecule has 0 bridgehead atoms. The zero-order valence-electron chi connectivity index (χ0n) is 13.9. The van der Waals surface area contributed by atoms with E-state index in [1.54, 1.807) is 35.1 Å². The third-order valence-corrected chi connectivity index (χ3v) is 3.75. The Kier molecular flexibility index (Phi) is 6.01. The van der Waals surface area contributed by atoms with Gasteiger partial charge in [0.2, 0.25) is 0 Å². The Labute approximate surface area is 156 Å². The molecule has 26 heavy (non-hydrogen) atoms. The van der Waals surface area contributed by atoms with Gasteiger partial charge in [-0.2, -0.15) is 10.2 Å². The Hall–Kier alpha value is -3.12. The molecule has 132 valence electrons. The van der Waals surface area contributed by atoms with Gasteiger partial charge in [0.1, 0.15) is 5.75 Å². The number of amides is 1. The van der Waals surface area contributed by atoms with Gasteiger partial charge in [-0.15, -0.1) is 0 Å². The number of carbonyl (C=O) groups excluding carboxylic acids is 1. The van der Waals surface area contributed by atoms with Crippen molar-refractivity contribution < 1.29 is 9.53 Å². The van der Waals surface area contributed by atoms with Crippen LogP contribution in [0, 0.1) is 0 Å². The molecular formula is C19H17ClN4O2. The summed E-state index contributed by atoms with van der Waals surface area (Å²) in [6.45, 7) is 0.501. The number of carbonyl (C=O) groups is 1. The number of halogens is 1. The minimum Gasteiger partial charge on any atom is -0.482 e. The second kappa shape index (κ2) is 8.82. The van der Waals surface area contributed by atoms with Crippen LogP contribution in [0.25, 0.3) is 0 Å². The van der Waals surface area contributed by atoms with Crippen molar-refractivity contribution in [2.24, 2.45) is 5.10 Å². The fourth-order valence-corrected chi connectivity index (χ4v) is 2.41. The van der Waals surface area contributed by atoms with Crippen LogP contribution in [0.4, 0.5) is 0 Å². The Balaban J connectivity index is 1.46. The molecule has 1 N–H and O–H groups in total. The molecule has 3 rings (SSSR count). The van der Waals surface area contributed by atoms with Crippen molar-refractivity contribution in [2.75, 3.05) is 6.61 Å². The minimum absolute atomic E-state index is 0.172. The standard InChI is InChI=1S/C19H17ClN4O2/c20-17-8-4-5-9-18(17)26-14-19(25)23-21-10-16-11-22-24(13-16)12-15-6-2-1-3-7-15/h1-11,13H,12,14H2,(H,23,25)/b21-10-. The lowest BCUT2D eigenvalue weighted by molar-refractivity contribution is -0.123. The predicted octanol–water partition coefficient (Wildman–Crippen LogP) is 3.11. The molecule has 1 heterocycles. The highest BCUT2D eigenvalue weighted by Gasteiger charge is 2.04. The highest BCUT2D eigenvalue weighted by molar-refractivity contribution is 6.32. The number of benzene rings is 2. The third-order valence-electron chi connectivity index (χ3n) is 3.44. The van der Waals surface area contributed by atoms with Gasteiger partial charge < -0.3 is 4.74 Å². The van der Waals surface area contributed by atoms with Crippen molar-refractivity contribution in [3.05, 3.63) is 83.1 Å². The van der Waals surface area contributed by atoms with E-state index in [1.807, 2.05) is 36.5 Å². The van der Waals surface area contributed by atoms with E-state index in [1.165, 1.54) is 6.21 Å². The monoisotopic (exact) mass is 368 g/mol. The van der Waals surface area contributed by atoms with Gasteiger partial charge in [0, 0.05) is 11.8 Å². The first-order chi connectivity index (χ1) is 12.7. The average Bonchev–Trinajstić information content (AvgIpc) is 3.09. The number of aromatic nitrogens is 2. The van der Waals surface area contributed by atoms with Crippen LogP contribution >= 0.6 is 11.6 Å². The van der Waals surface area contributed by atoms with E-state index < -0.39 is 0 Å². The number of rotatable bonds is 7. The van der Waals surface area contributed by atoms with Crippen molar-refractivity contribution >= 4 is 23.7 Å². The molecule has 7 heteroatoms. The highest BCUT2D eigenvalue weighted by Crippen LogP contribution is 2.22. The van der Waals surface area contributed by atoms with E-state index >= 15 is 0 Å². The maximum Gasteiger partial charge on any atom is 0.277 e.